The number of likely N-dealkylation sites (tertiary alicyclic amines) is 1. The van der Waals surface area contributed by atoms with Gasteiger partial charge in [-0.1, -0.05) is 66.7 Å². The van der Waals surface area contributed by atoms with Crippen molar-refractivity contribution >= 4 is 29.5 Å². The molecule has 0 aromatic heterocycles. The zero-order valence-electron chi connectivity index (χ0n) is 27.9. The van der Waals surface area contributed by atoms with E-state index in [1.54, 1.807) is 42.1 Å². The van der Waals surface area contributed by atoms with Crippen LogP contribution in [0.5, 0.6) is 0 Å². The van der Waals surface area contributed by atoms with Crippen LogP contribution >= 0.6 is 11.8 Å². The molecule has 6 rings (SSSR count). The summed E-state index contributed by atoms with van der Waals surface area (Å²) in [7, 11) is 0. The van der Waals surface area contributed by atoms with Gasteiger partial charge in [-0.3, -0.25) is 9.59 Å². The Morgan fingerprint density at radius 1 is 0.865 bits per heavy atom. The van der Waals surface area contributed by atoms with Crippen molar-refractivity contribution in [2.45, 2.75) is 68.0 Å². The topological polar surface area (TPSA) is 125 Å². The fourth-order valence-electron chi connectivity index (χ4n) is 6.35. The van der Waals surface area contributed by atoms with E-state index in [4.69, 9.17) is 9.47 Å². The minimum Gasteiger partial charge on any atom is -0.478 e. The van der Waals surface area contributed by atoms with Crippen LogP contribution in [0.3, 0.4) is 0 Å². The maximum absolute atomic E-state index is 13.0. The molecule has 4 aromatic carbocycles. The molecular formula is C39H37F3N2O7S. The van der Waals surface area contributed by atoms with Gasteiger partial charge in [0, 0.05) is 35.7 Å². The van der Waals surface area contributed by atoms with Crippen molar-refractivity contribution in [2.24, 2.45) is 0 Å². The second-order valence-corrected chi connectivity index (χ2v) is 13.8. The molecule has 0 spiro atoms. The Morgan fingerprint density at radius 2 is 1.58 bits per heavy atom. The molecule has 0 bridgehead atoms. The van der Waals surface area contributed by atoms with E-state index < -0.39 is 36.3 Å². The summed E-state index contributed by atoms with van der Waals surface area (Å²) in [5, 5.41) is 21.4. The molecule has 2 aliphatic rings. The van der Waals surface area contributed by atoms with E-state index in [0.29, 0.717) is 23.5 Å². The zero-order chi connectivity index (χ0) is 36.8. The van der Waals surface area contributed by atoms with Crippen LogP contribution in [0.15, 0.2) is 102 Å². The van der Waals surface area contributed by atoms with Crippen molar-refractivity contribution < 1.29 is 47.2 Å². The number of aliphatic hydroxyl groups is 1. The molecule has 0 unspecified atom stereocenters. The third-order valence-electron chi connectivity index (χ3n) is 9.12. The average molecular weight is 735 g/mol. The van der Waals surface area contributed by atoms with Crippen molar-refractivity contribution in [1.29, 1.82) is 0 Å². The lowest BCUT2D eigenvalue weighted by atomic mass is 9.99. The van der Waals surface area contributed by atoms with Gasteiger partial charge >= 0.3 is 18.1 Å². The number of carboxylic acids is 1. The van der Waals surface area contributed by atoms with Gasteiger partial charge in [-0.05, 0) is 71.0 Å². The number of amides is 2. The van der Waals surface area contributed by atoms with E-state index >= 15 is 0 Å². The van der Waals surface area contributed by atoms with Crippen LogP contribution in [0.25, 0.3) is 11.1 Å². The predicted molar refractivity (Wildman–Crippen MR) is 187 cm³/mol. The monoisotopic (exact) mass is 734 g/mol. The average Bonchev–Trinajstić information content (AvgIpc) is 3.66. The highest BCUT2D eigenvalue weighted by Crippen LogP contribution is 2.40. The zero-order valence-corrected chi connectivity index (χ0v) is 28.7. The molecule has 2 fully saturated rings. The second kappa shape index (κ2) is 16.3. The van der Waals surface area contributed by atoms with Crippen molar-refractivity contribution in [2.75, 3.05) is 12.3 Å². The number of hydrogen-bond acceptors (Lipinski definition) is 7. The van der Waals surface area contributed by atoms with Crippen LogP contribution in [-0.4, -0.2) is 63.5 Å². The SMILES string of the molecule is O=C(O)c1ccc(SC[C@@H]2C[C@H](c3ccc(CO)cc3)O[C@H](c3ccc(-c4cccc(CNC(=O)[C@@H]5CCCN5C(=O)C(F)(F)F)c4)cc3)O2)cc1. The Balaban J connectivity index is 1.12. The highest BCUT2D eigenvalue weighted by molar-refractivity contribution is 7.99. The van der Waals surface area contributed by atoms with Gasteiger partial charge in [-0.25, -0.2) is 4.79 Å². The van der Waals surface area contributed by atoms with Gasteiger partial charge in [0.05, 0.1) is 24.4 Å². The van der Waals surface area contributed by atoms with Crippen molar-refractivity contribution in [3.05, 3.63) is 125 Å². The van der Waals surface area contributed by atoms with Gasteiger partial charge in [0.2, 0.25) is 5.91 Å². The van der Waals surface area contributed by atoms with Gasteiger partial charge in [-0.15, -0.1) is 11.8 Å². The number of carboxylic acid groups (broad SMARTS) is 1. The van der Waals surface area contributed by atoms with Crippen LogP contribution in [-0.2, 0) is 32.2 Å². The molecule has 0 saturated carbocycles. The largest absolute Gasteiger partial charge is 0.478 e. The summed E-state index contributed by atoms with van der Waals surface area (Å²) in [5.74, 6) is -2.99. The Morgan fingerprint density at radius 3 is 2.25 bits per heavy atom. The van der Waals surface area contributed by atoms with E-state index in [9.17, 15) is 37.8 Å². The number of hydrogen-bond donors (Lipinski definition) is 3. The number of ether oxygens (including phenoxy) is 2. The number of carbonyl (C=O) groups is 3. The number of nitrogens with zero attached hydrogens (tertiary/aromatic N) is 1. The molecule has 3 N–H and O–H groups in total. The first-order chi connectivity index (χ1) is 25.0. The molecular weight excluding hydrogens is 697 g/mol. The predicted octanol–water partition coefficient (Wildman–Crippen LogP) is 7.05. The quantitative estimate of drug-likeness (QED) is 0.140. The van der Waals surface area contributed by atoms with Gasteiger partial charge in [0.25, 0.3) is 0 Å². The minimum atomic E-state index is -5.03. The molecule has 2 heterocycles. The number of alkyl halides is 3. The number of aliphatic hydroxyl groups excluding tert-OH is 1. The molecule has 13 heteroatoms. The van der Waals surface area contributed by atoms with Crippen LogP contribution in [0, 0.1) is 0 Å². The fourth-order valence-corrected chi connectivity index (χ4v) is 7.27. The van der Waals surface area contributed by atoms with Crippen LogP contribution in [0.1, 0.15) is 64.3 Å². The lowest BCUT2D eigenvalue weighted by Crippen LogP contribution is -2.50. The maximum Gasteiger partial charge on any atom is 0.471 e. The van der Waals surface area contributed by atoms with Crippen molar-refractivity contribution in [3.63, 3.8) is 0 Å². The molecule has 2 amide bonds. The number of aromatic carboxylic acids is 1. The highest BCUT2D eigenvalue weighted by Gasteiger charge is 2.47. The molecule has 2 aliphatic heterocycles. The van der Waals surface area contributed by atoms with Gasteiger partial charge in [0.15, 0.2) is 6.29 Å². The van der Waals surface area contributed by atoms with Crippen LogP contribution in [0.4, 0.5) is 13.2 Å². The van der Waals surface area contributed by atoms with Crippen molar-refractivity contribution in [3.8, 4) is 11.1 Å². The normalized spacial score (nSPS) is 20.4. The summed E-state index contributed by atoms with van der Waals surface area (Å²) in [5.41, 5.74) is 5.27. The molecule has 52 heavy (non-hydrogen) atoms. The maximum atomic E-state index is 13.0. The van der Waals surface area contributed by atoms with E-state index in [0.717, 1.165) is 38.3 Å². The Labute approximate surface area is 302 Å². The number of halogens is 3. The Kier molecular flexibility index (Phi) is 11.6. The summed E-state index contributed by atoms with van der Waals surface area (Å²) >= 11 is 1.57. The highest BCUT2D eigenvalue weighted by atomic mass is 32.2. The summed E-state index contributed by atoms with van der Waals surface area (Å²) in [4.78, 5) is 37.4. The van der Waals surface area contributed by atoms with Gasteiger partial charge < -0.3 is 29.9 Å². The molecule has 4 aromatic rings. The van der Waals surface area contributed by atoms with E-state index in [1.807, 2.05) is 66.7 Å². The molecule has 272 valence electrons. The first-order valence-electron chi connectivity index (χ1n) is 16.8. The lowest BCUT2D eigenvalue weighted by Gasteiger charge is -2.36. The fraction of sp³-hybridized carbons (Fsp3) is 0.308. The van der Waals surface area contributed by atoms with Crippen LogP contribution < -0.4 is 5.32 Å². The first-order valence-corrected chi connectivity index (χ1v) is 17.8. The number of rotatable bonds is 11. The molecule has 0 radical (unpaired) electrons. The first kappa shape index (κ1) is 37.1. The van der Waals surface area contributed by atoms with Crippen LogP contribution in [0.2, 0.25) is 0 Å². The smallest absolute Gasteiger partial charge is 0.471 e. The van der Waals surface area contributed by atoms with Gasteiger partial charge in [0.1, 0.15) is 6.04 Å². The molecule has 2 saturated heterocycles. The number of benzene rings is 4. The minimum absolute atomic E-state index is 0.0614. The Bertz CT molecular complexity index is 1870. The van der Waals surface area contributed by atoms with Gasteiger partial charge in [-0.2, -0.15) is 13.2 Å². The summed E-state index contributed by atoms with van der Waals surface area (Å²) in [6.07, 6.45) is -5.09. The number of thioether (sulfide) groups is 1. The summed E-state index contributed by atoms with van der Waals surface area (Å²) < 4.78 is 52.0. The summed E-state index contributed by atoms with van der Waals surface area (Å²) in [6, 6.07) is 28.3. The van der Waals surface area contributed by atoms with Crippen molar-refractivity contribution in [1.82, 2.24) is 10.2 Å². The lowest BCUT2D eigenvalue weighted by molar-refractivity contribution is -0.245. The third kappa shape index (κ3) is 9.02. The van der Waals surface area contributed by atoms with E-state index in [2.05, 4.69) is 5.32 Å². The second-order valence-electron chi connectivity index (χ2n) is 12.7. The number of nitrogens with one attached hydrogen (secondary N) is 1. The molecule has 9 nitrogen and oxygen atoms in total. The standard InChI is InChI=1S/C39H37F3N2O7S/c40-39(41,42)38(49)44-18-2-5-33(44)35(46)43-21-25-3-1-4-30(19-25)26-10-12-29(13-11-26)37-50-31(23-52-32-16-14-28(15-17-32)36(47)48)20-34(51-37)27-8-6-24(22-45)7-9-27/h1,3-4,6-17,19,31,33-34,37,45H,2,5,18,20-23H2,(H,43,46)(H,47,48)/t31-,33-,34+,37+/m0/s1. The number of carbonyl (C=O) groups excluding carboxylic acids is 2. The van der Waals surface area contributed by atoms with E-state index in [-0.39, 0.29) is 43.9 Å². The summed E-state index contributed by atoms with van der Waals surface area (Å²) in [6.45, 7) is -0.0850. The molecule has 0 aliphatic carbocycles. The molecule has 4 atom stereocenters. The third-order valence-corrected chi connectivity index (χ3v) is 10.3. The Hall–Kier alpha value is -4.69. The van der Waals surface area contributed by atoms with E-state index in [1.165, 1.54) is 0 Å².